The van der Waals surface area contributed by atoms with Gasteiger partial charge in [-0.1, -0.05) is 57.9 Å². The second kappa shape index (κ2) is 9.56. The highest BCUT2D eigenvalue weighted by molar-refractivity contribution is 9.10. The molecule has 0 saturated carbocycles. The molecule has 2 heterocycles. The van der Waals surface area contributed by atoms with E-state index in [0.717, 1.165) is 32.7 Å². The number of nitrogens with two attached hydrogens (primary N) is 1. The summed E-state index contributed by atoms with van der Waals surface area (Å²) in [6, 6.07) is 23.8. The molecule has 0 aliphatic heterocycles. The highest BCUT2D eigenvalue weighted by Gasteiger charge is 2.15. The predicted molar refractivity (Wildman–Crippen MR) is 128 cm³/mol. The van der Waals surface area contributed by atoms with E-state index in [1.807, 2.05) is 42.5 Å². The minimum Gasteiger partial charge on any atom is -0.487 e. The van der Waals surface area contributed by atoms with Crippen molar-refractivity contribution in [3.63, 3.8) is 0 Å². The Balaban J connectivity index is 1.77. The topological polar surface area (TPSA) is 73.3 Å². The summed E-state index contributed by atoms with van der Waals surface area (Å²) >= 11 is 10.0. The number of nitrogen functional groups attached to an aromatic ring is 1. The first-order valence-electron chi connectivity index (χ1n) is 9.76. The third-order valence-electron chi connectivity index (χ3n) is 4.88. The maximum Gasteiger partial charge on any atom is 0.166 e. The van der Waals surface area contributed by atoms with Crippen LogP contribution in [-0.4, -0.2) is 27.9 Å². The summed E-state index contributed by atoms with van der Waals surface area (Å²) in [6.07, 6.45) is 0. The molecule has 0 atom stereocenters. The van der Waals surface area contributed by atoms with E-state index in [-0.39, 0.29) is 13.2 Å². The highest BCUT2D eigenvalue weighted by Crippen LogP contribution is 2.34. The van der Waals surface area contributed by atoms with Crippen molar-refractivity contribution in [3.8, 4) is 28.3 Å². The van der Waals surface area contributed by atoms with Crippen molar-refractivity contribution in [2.24, 2.45) is 0 Å². The molecule has 0 radical (unpaired) electrons. The van der Waals surface area contributed by atoms with E-state index in [4.69, 9.17) is 27.2 Å². The van der Waals surface area contributed by atoms with Crippen LogP contribution in [0.4, 0.5) is 5.82 Å². The number of aromatic nitrogens is 2. The predicted octanol–water partition coefficient (Wildman–Crippen LogP) is 5.63. The van der Waals surface area contributed by atoms with Crippen molar-refractivity contribution < 1.29 is 9.84 Å². The molecule has 7 heteroatoms. The van der Waals surface area contributed by atoms with Gasteiger partial charge < -0.3 is 20.1 Å². The molecule has 158 valence electrons. The first-order chi connectivity index (χ1) is 15.1. The Morgan fingerprint density at radius 2 is 1.71 bits per heavy atom. The van der Waals surface area contributed by atoms with Crippen LogP contribution in [0.5, 0.6) is 5.75 Å². The van der Waals surface area contributed by atoms with E-state index in [2.05, 4.69) is 49.7 Å². The second-order valence-corrected chi connectivity index (χ2v) is 8.26. The van der Waals surface area contributed by atoms with Crippen LogP contribution in [0.15, 0.2) is 77.3 Å². The van der Waals surface area contributed by atoms with Crippen LogP contribution >= 0.6 is 27.5 Å². The zero-order valence-corrected chi connectivity index (χ0v) is 19.0. The van der Waals surface area contributed by atoms with Crippen LogP contribution in [-0.2, 0) is 6.54 Å². The molecule has 31 heavy (non-hydrogen) atoms. The normalized spacial score (nSPS) is 10.9. The van der Waals surface area contributed by atoms with Crippen LogP contribution in [0, 0.1) is 0 Å². The lowest BCUT2D eigenvalue weighted by Crippen LogP contribution is -2.09. The van der Waals surface area contributed by atoms with Gasteiger partial charge in [0.2, 0.25) is 0 Å². The summed E-state index contributed by atoms with van der Waals surface area (Å²) in [5, 5.41) is 9.64. The van der Waals surface area contributed by atoms with Gasteiger partial charge in [0, 0.05) is 20.8 Å². The lowest BCUT2D eigenvalue weighted by molar-refractivity contribution is 0.201. The molecule has 0 unspecified atom stereocenters. The van der Waals surface area contributed by atoms with Gasteiger partial charge in [0.25, 0.3) is 0 Å². The Hall–Kier alpha value is -2.80. The monoisotopic (exact) mass is 497 g/mol. The number of hydrogen-bond donors (Lipinski definition) is 2. The van der Waals surface area contributed by atoms with Gasteiger partial charge in [0.05, 0.1) is 24.5 Å². The van der Waals surface area contributed by atoms with E-state index in [9.17, 15) is 0 Å². The SMILES string of the molecule is Nc1nc(Cn2c(-c3ccc(Br)cc3)ccc2-c2ccccc2Cl)ccc1OCCO. The zero-order valence-electron chi connectivity index (χ0n) is 16.6. The Bertz CT molecular complexity index is 1190. The van der Waals surface area contributed by atoms with Crippen LogP contribution in [0.1, 0.15) is 5.69 Å². The zero-order chi connectivity index (χ0) is 21.8. The molecule has 0 amide bonds. The number of aliphatic hydroxyl groups is 1. The molecule has 4 rings (SSSR count). The van der Waals surface area contributed by atoms with Crippen molar-refractivity contribution in [2.45, 2.75) is 6.54 Å². The van der Waals surface area contributed by atoms with Crippen LogP contribution < -0.4 is 10.5 Å². The highest BCUT2D eigenvalue weighted by atomic mass is 79.9. The Labute approximate surface area is 194 Å². The molecule has 0 aliphatic carbocycles. The lowest BCUT2D eigenvalue weighted by atomic mass is 10.1. The van der Waals surface area contributed by atoms with Crippen LogP contribution in [0.3, 0.4) is 0 Å². The maximum atomic E-state index is 8.96. The minimum atomic E-state index is -0.0810. The summed E-state index contributed by atoms with van der Waals surface area (Å²) in [5.41, 5.74) is 10.9. The summed E-state index contributed by atoms with van der Waals surface area (Å²) < 4.78 is 8.63. The van der Waals surface area contributed by atoms with Crippen molar-refractivity contribution in [1.29, 1.82) is 0 Å². The molecule has 0 bridgehead atoms. The fourth-order valence-corrected chi connectivity index (χ4v) is 3.94. The van der Waals surface area contributed by atoms with Gasteiger partial charge in [-0.2, -0.15) is 0 Å². The standard InChI is InChI=1S/C24H21BrClN3O2/c25-17-7-5-16(6-8-17)21-10-11-22(19-3-1-2-4-20(19)26)29(21)15-18-9-12-23(24(27)28-18)31-14-13-30/h1-12,30H,13-15H2,(H2,27,28). The molecular formula is C24H21BrClN3O2. The first-order valence-corrected chi connectivity index (χ1v) is 10.9. The molecule has 0 aliphatic rings. The maximum absolute atomic E-state index is 8.96. The Morgan fingerprint density at radius 3 is 2.42 bits per heavy atom. The lowest BCUT2D eigenvalue weighted by Gasteiger charge is -2.16. The fraction of sp³-hybridized carbons (Fsp3) is 0.125. The number of hydrogen-bond acceptors (Lipinski definition) is 4. The minimum absolute atomic E-state index is 0.0810. The quantitative estimate of drug-likeness (QED) is 0.346. The smallest absolute Gasteiger partial charge is 0.166 e. The molecule has 4 aromatic rings. The van der Waals surface area contributed by atoms with Crippen LogP contribution in [0.25, 0.3) is 22.5 Å². The van der Waals surface area contributed by atoms with Crippen LogP contribution in [0.2, 0.25) is 5.02 Å². The first kappa shape index (κ1) is 21.4. The van der Waals surface area contributed by atoms with Gasteiger partial charge in [-0.05, 0) is 48.0 Å². The van der Waals surface area contributed by atoms with Gasteiger partial charge in [-0.25, -0.2) is 4.98 Å². The number of nitrogens with zero attached hydrogens (tertiary/aromatic N) is 2. The van der Waals surface area contributed by atoms with Crippen molar-refractivity contribution in [1.82, 2.24) is 9.55 Å². The number of anilines is 1. The summed E-state index contributed by atoms with van der Waals surface area (Å²) in [7, 11) is 0. The Morgan fingerprint density at radius 1 is 0.968 bits per heavy atom. The second-order valence-electron chi connectivity index (χ2n) is 6.93. The van der Waals surface area contributed by atoms with Crippen molar-refractivity contribution in [2.75, 3.05) is 18.9 Å². The largest absolute Gasteiger partial charge is 0.487 e. The fourth-order valence-electron chi connectivity index (χ4n) is 3.45. The van der Waals surface area contributed by atoms with E-state index in [0.29, 0.717) is 23.1 Å². The molecule has 2 aromatic carbocycles. The number of ether oxygens (including phenoxy) is 1. The average molecular weight is 499 g/mol. The molecule has 5 nitrogen and oxygen atoms in total. The third-order valence-corrected chi connectivity index (χ3v) is 5.74. The van der Waals surface area contributed by atoms with Crippen molar-refractivity contribution >= 4 is 33.3 Å². The number of rotatable bonds is 7. The Kier molecular flexibility index (Phi) is 6.61. The molecule has 3 N–H and O–H groups in total. The summed E-state index contributed by atoms with van der Waals surface area (Å²) in [4.78, 5) is 4.52. The molecule has 0 fully saturated rings. The molecule has 0 spiro atoms. The average Bonchev–Trinajstić information content (AvgIpc) is 3.17. The van der Waals surface area contributed by atoms with Gasteiger partial charge in [0.1, 0.15) is 6.61 Å². The number of pyridine rings is 1. The number of halogens is 2. The van der Waals surface area contributed by atoms with Gasteiger partial charge in [-0.3, -0.25) is 0 Å². The van der Waals surface area contributed by atoms with E-state index < -0.39 is 0 Å². The van der Waals surface area contributed by atoms with E-state index in [1.54, 1.807) is 6.07 Å². The third kappa shape index (κ3) is 4.77. The summed E-state index contributed by atoms with van der Waals surface area (Å²) in [5.74, 6) is 0.757. The van der Waals surface area contributed by atoms with E-state index >= 15 is 0 Å². The van der Waals surface area contributed by atoms with Crippen molar-refractivity contribution in [3.05, 3.63) is 88.0 Å². The molecular weight excluding hydrogens is 478 g/mol. The van der Waals surface area contributed by atoms with Gasteiger partial charge in [-0.15, -0.1) is 0 Å². The summed E-state index contributed by atoms with van der Waals surface area (Å²) in [6.45, 7) is 0.596. The molecule has 2 aromatic heterocycles. The number of aliphatic hydroxyl groups excluding tert-OH is 1. The van der Waals surface area contributed by atoms with Gasteiger partial charge >= 0.3 is 0 Å². The number of benzene rings is 2. The van der Waals surface area contributed by atoms with E-state index in [1.165, 1.54) is 0 Å². The molecule has 0 saturated heterocycles. The van der Waals surface area contributed by atoms with Gasteiger partial charge in [0.15, 0.2) is 11.6 Å².